The molecule has 5 heteroatoms. The predicted octanol–water partition coefficient (Wildman–Crippen LogP) is 4.13. The highest BCUT2D eigenvalue weighted by Gasteiger charge is 2.39. The van der Waals surface area contributed by atoms with Gasteiger partial charge in [-0.1, -0.05) is 31.2 Å². The van der Waals surface area contributed by atoms with Crippen LogP contribution in [0, 0.1) is 11.8 Å². The van der Waals surface area contributed by atoms with Gasteiger partial charge in [0.2, 0.25) is 5.91 Å². The number of nitrogens with one attached hydrogen (secondary N) is 2. The Balaban J connectivity index is 1.44. The zero-order chi connectivity index (χ0) is 19.5. The fourth-order valence-corrected chi connectivity index (χ4v) is 3.82. The molecule has 146 valence electrons. The molecule has 0 aromatic heterocycles. The van der Waals surface area contributed by atoms with Gasteiger partial charge in [-0.3, -0.25) is 14.5 Å². The van der Waals surface area contributed by atoms with Crippen molar-refractivity contribution in [3.05, 3.63) is 59.7 Å². The molecule has 2 amide bonds. The summed E-state index contributed by atoms with van der Waals surface area (Å²) in [6.45, 7) is 5.16. The summed E-state index contributed by atoms with van der Waals surface area (Å²) in [5, 5.41) is 5.97. The molecule has 1 aliphatic heterocycles. The van der Waals surface area contributed by atoms with Crippen LogP contribution in [0.5, 0.6) is 0 Å². The van der Waals surface area contributed by atoms with Gasteiger partial charge in [0.05, 0.1) is 0 Å². The van der Waals surface area contributed by atoms with Crippen molar-refractivity contribution in [3.63, 3.8) is 0 Å². The minimum absolute atomic E-state index is 0.0426. The Labute approximate surface area is 166 Å². The van der Waals surface area contributed by atoms with Crippen LogP contribution in [0.15, 0.2) is 48.5 Å². The lowest BCUT2D eigenvalue weighted by atomic mass is 10.1. The summed E-state index contributed by atoms with van der Waals surface area (Å²) >= 11 is 0. The summed E-state index contributed by atoms with van der Waals surface area (Å²) in [7, 11) is 0. The van der Waals surface area contributed by atoms with Gasteiger partial charge in [-0.15, -0.1) is 0 Å². The Morgan fingerprint density at radius 3 is 2.54 bits per heavy atom. The molecule has 2 N–H and O–H groups in total. The van der Waals surface area contributed by atoms with E-state index in [0.717, 1.165) is 37.3 Å². The van der Waals surface area contributed by atoms with Crippen molar-refractivity contribution in [2.45, 2.75) is 32.7 Å². The molecule has 2 atom stereocenters. The topological polar surface area (TPSA) is 61.4 Å². The molecular formula is C23H27N3O2. The average molecular weight is 377 g/mol. The first-order valence-electron chi connectivity index (χ1n) is 10.1. The molecule has 1 aliphatic carbocycles. The molecule has 0 bridgehead atoms. The van der Waals surface area contributed by atoms with Gasteiger partial charge in [0.15, 0.2) is 0 Å². The van der Waals surface area contributed by atoms with Crippen molar-refractivity contribution in [2.75, 3.05) is 23.7 Å². The van der Waals surface area contributed by atoms with E-state index in [2.05, 4.69) is 28.5 Å². The second-order valence-electron chi connectivity index (χ2n) is 7.98. The quantitative estimate of drug-likeness (QED) is 0.796. The number of benzene rings is 2. The third-order valence-corrected chi connectivity index (χ3v) is 5.70. The number of hydrogen-bond donors (Lipinski definition) is 2. The lowest BCUT2D eigenvalue weighted by Gasteiger charge is -2.18. The number of para-hydroxylation sites is 1. The van der Waals surface area contributed by atoms with Crippen molar-refractivity contribution in [3.8, 4) is 0 Å². The van der Waals surface area contributed by atoms with Crippen molar-refractivity contribution in [1.29, 1.82) is 0 Å². The Morgan fingerprint density at radius 1 is 1.04 bits per heavy atom. The van der Waals surface area contributed by atoms with E-state index < -0.39 is 0 Å². The number of carbonyl (C=O) groups excluding carboxylic acids is 2. The van der Waals surface area contributed by atoms with Crippen molar-refractivity contribution in [1.82, 2.24) is 4.90 Å². The third-order valence-electron chi connectivity index (χ3n) is 5.70. The standard InChI is InChI=1S/C23H27N3O2/c1-16-13-20(16)23(28)24-19-9-6-8-17(14-19)22(27)25-21-10-3-2-7-18(21)15-26-11-4-5-12-26/h2-3,6-10,14,16,20H,4-5,11-13,15H2,1H3,(H,24,28)(H,25,27). The molecule has 2 aromatic rings. The largest absolute Gasteiger partial charge is 0.326 e. The Morgan fingerprint density at radius 2 is 1.79 bits per heavy atom. The van der Waals surface area contributed by atoms with Crippen molar-refractivity contribution >= 4 is 23.2 Å². The van der Waals surface area contributed by atoms with Crippen LogP contribution in [-0.4, -0.2) is 29.8 Å². The first-order valence-corrected chi connectivity index (χ1v) is 10.1. The molecule has 0 spiro atoms. The van der Waals surface area contributed by atoms with Gasteiger partial charge in [0.1, 0.15) is 0 Å². The summed E-state index contributed by atoms with van der Waals surface area (Å²) < 4.78 is 0. The number of carbonyl (C=O) groups is 2. The Kier molecular flexibility index (Phi) is 5.44. The lowest BCUT2D eigenvalue weighted by molar-refractivity contribution is -0.117. The van der Waals surface area contributed by atoms with Crippen LogP contribution in [0.2, 0.25) is 0 Å². The number of anilines is 2. The minimum atomic E-state index is -0.162. The van der Waals surface area contributed by atoms with E-state index in [1.54, 1.807) is 18.2 Å². The van der Waals surface area contributed by atoms with Gasteiger partial charge in [-0.2, -0.15) is 0 Å². The van der Waals surface area contributed by atoms with E-state index in [1.807, 2.05) is 24.3 Å². The van der Waals surface area contributed by atoms with Crippen LogP contribution in [0.4, 0.5) is 11.4 Å². The number of hydrogen-bond acceptors (Lipinski definition) is 3. The maximum atomic E-state index is 12.8. The van der Waals surface area contributed by atoms with E-state index in [0.29, 0.717) is 17.2 Å². The fourth-order valence-electron chi connectivity index (χ4n) is 3.82. The minimum Gasteiger partial charge on any atom is -0.326 e. The molecule has 4 rings (SSSR count). The average Bonchev–Trinajstić information content (AvgIpc) is 3.21. The van der Waals surface area contributed by atoms with E-state index in [-0.39, 0.29) is 17.7 Å². The SMILES string of the molecule is CC1CC1C(=O)Nc1cccc(C(=O)Nc2ccccc2CN2CCCC2)c1. The molecule has 2 unspecified atom stereocenters. The van der Waals surface area contributed by atoms with Crippen LogP contribution >= 0.6 is 0 Å². The molecule has 2 aliphatic rings. The smallest absolute Gasteiger partial charge is 0.255 e. The molecule has 1 saturated heterocycles. The molecular weight excluding hydrogens is 350 g/mol. The van der Waals surface area contributed by atoms with Crippen LogP contribution in [0.3, 0.4) is 0 Å². The van der Waals surface area contributed by atoms with Gasteiger partial charge in [-0.05, 0) is 68.1 Å². The maximum Gasteiger partial charge on any atom is 0.255 e. The van der Waals surface area contributed by atoms with E-state index in [9.17, 15) is 9.59 Å². The van der Waals surface area contributed by atoms with Gasteiger partial charge >= 0.3 is 0 Å². The van der Waals surface area contributed by atoms with Gasteiger partial charge < -0.3 is 10.6 Å². The van der Waals surface area contributed by atoms with E-state index in [4.69, 9.17) is 0 Å². The van der Waals surface area contributed by atoms with Crippen molar-refractivity contribution in [2.24, 2.45) is 11.8 Å². The zero-order valence-electron chi connectivity index (χ0n) is 16.3. The number of likely N-dealkylation sites (tertiary alicyclic amines) is 1. The zero-order valence-corrected chi connectivity index (χ0v) is 16.3. The fraction of sp³-hybridized carbons (Fsp3) is 0.391. The Bertz CT molecular complexity index is 874. The van der Waals surface area contributed by atoms with Crippen LogP contribution < -0.4 is 10.6 Å². The first-order chi connectivity index (χ1) is 13.6. The van der Waals surface area contributed by atoms with Crippen LogP contribution in [0.25, 0.3) is 0 Å². The third kappa shape index (κ3) is 4.42. The summed E-state index contributed by atoms with van der Waals surface area (Å²) in [5.74, 6) is 0.444. The maximum absolute atomic E-state index is 12.8. The molecule has 2 aromatic carbocycles. The van der Waals surface area contributed by atoms with Crippen molar-refractivity contribution < 1.29 is 9.59 Å². The highest BCUT2D eigenvalue weighted by Crippen LogP contribution is 2.38. The second kappa shape index (κ2) is 8.15. The highest BCUT2D eigenvalue weighted by atomic mass is 16.2. The first kappa shape index (κ1) is 18.7. The second-order valence-corrected chi connectivity index (χ2v) is 7.98. The monoisotopic (exact) mass is 377 g/mol. The Hall–Kier alpha value is -2.66. The van der Waals surface area contributed by atoms with Crippen LogP contribution in [0.1, 0.15) is 42.1 Å². The van der Waals surface area contributed by atoms with Crippen LogP contribution in [-0.2, 0) is 11.3 Å². The van der Waals surface area contributed by atoms with Gasteiger partial charge in [-0.25, -0.2) is 0 Å². The van der Waals surface area contributed by atoms with E-state index in [1.165, 1.54) is 12.8 Å². The normalized spacial score (nSPS) is 21.3. The van der Waals surface area contributed by atoms with Gasteiger partial charge in [0.25, 0.3) is 5.91 Å². The summed E-state index contributed by atoms with van der Waals surface area (Å²) in [5.41, 5.74) is 3.19. The lowest BCUT2D eigenvalue weighted by Crippen LogP contribution is -2.20. The molecule has 1 heterocycles. The predicted molar refractivity (Wildman–Crippen MR) is 111 cm³/mol. The molecule has 2 fully saturated rings. The molecule has 0 radical (unpaired) electrons. The van der Waals surface area contributed by atoms with E-state index >= 15 is 0 Å². The number of rotatable bonds is 6. The highest BCUT2D eigenvalue weighted by molar-refractivity contribution is 6.05. The van der Waals surface area contributed by atoms with Gasteiger partial charge in [0, 0.05) is 29.4 Å². The molecule has 1 saturated carbocycles. The summed E-state index contributed by atoms with van der Waals surface area (Å²) in [6, 6.07) is 15.1. The molecule has 28 heavy (non-hydrogen) atoms. The summed E-state index contributed by atoms with van der Waals surface area (Å²) in [4.78, 5) is 27.4. The number of amides is 2. The summed E-state index contributed by atoms with van der Waals surface area (Å²) in [6.07, 6.45) is 3.43. The number of nitrogens with zero attached hydrogens (tertiary/aromatic N) is 1. The molecule has 5 nitrogen and oxygen atoms in total.